The highest BCUT2D eigenvalue weighted by Crippen LogP contribution is 2.24. The minimum Gasteiger partial charge on any atom is -0.481 e. The maximum absolute atomic E-state index is 11.9. The predicted octanol–water partition coefficient (Wildman–Crippen LogP) is 1.17. The van der Waals surface area contributed by atoms with Gasteiger partial charge in [0.2, 0.25) is 0 Å². The molecule has 0 radical (unpaired) electrons. The Balaban J connectivity index is 2.04. The van der Waals surface area contributed by atoms with E-state index in [9.17, 15) is 14.7 Å². The highest BCUT2D eigenvalue weighted by molar-refractivity contribution is 5.94. The molecule has 1 aromatic heterocycles. The number of H-pyrrole nitrogens is 1. The maximum Gasteiger partial charge on any atom is 0.308 e. The number of carbonyl (C=O) groups is 2. The van der Waals surface area contributed by atoms with Crippen molar-refractivity contribution in [2.45, 2.75) is 38.1 Å². The predicted molar refractivity (Wildman–Crippen MR) is 64.1 cm³/mol. The Kier molecular flexibility index (Phi) is 3.96. The lowest BCUT2D eigenvalue weighted by atomic mass is 9.94. The van der Waals surface area contributed by atoms with Gasteiger partial charge in [-0.3, -0.25) is 14.7 Å². The van der Waals surface area contributed by atoms with Crippen LogP contribution in [0, 0.1) is 5.92 Å². The average molecular weight is 251 g/mol. The molecule has 0 aliphatic heterocycles. The summed E-state index contributed by atoms with van der Waals surface area (Å²) in [5.74, 6) is -1.57. The van der Waals surface area contributed by atoms with Crippen molar-refractivity contribution in [3.8, 4) is 0 Å². The molecule has 0 saturated heterocycles. The third-order valence-corrected chi connectivity index (χ3v) is 3.41. The normalized spacial score (nSPS) is 24.2. The van der Waals surface area contributed by atoms with Gasteiger partial charge in [-0.15, -0.1) is 0 Å². The summed E-state index contributed by atoms with van der Waals surface area (Å²) < 4.78 is 0. The van der Waals surface area contributed by atoms with Crippen LogP contribution in [0.5, 0.6) is 0 Å². The first-order valence-electron chi connectivity index (χ1n) is 6.21. The second-order valence-corrected chi connectivity index (χ2v) is 4.65. The highest BCUT2D eigenvalue weighted by atomic mass is 16.4. The van der Waals surface area contributed by atoms with Gasteiger partial charge in [0.15, 0.2) is 0 Å². The Bertz CT molecular complexity index is 416. The van der Waals surface area contributed by atoms with Gasteiger partial charge in [0.25, 0.3) is 5.91 Å². The van der Waals surface area contributed by atoms with Gasteiger partial charge < -0.3 is 10.4 Å². The van der Waals surface area contributed by atoms with Crippen LogP contribution in [-0.4, -0.2) is 33.2 Å². The lowest BCUT2D eigenvalue weighted by molar-refractivity contribution is -0.142. The lowest BCUT2D eigenvalue weighted by Crippen LogP contribution is -2.42. The quantitative estimate of drug-likeness (QED) is 0.703. The van der Waals surface area contributed by atoms with Crippen LogP contribution >= 0.6 is 0 Å². The smallest absolute Gasteiger partial charge is 0.308 e. The number of nitrogens with zero attached hydrogens (tertiary/aromatic N) is 1. The standard InChI is InChI=1S/C12H17N3O3/c16-11(8-6-13-14-7-8)15-10-5-3-1-2-4-9(10)12(17)18/h6-7,9-10H,1-5H2,(H,13,14)(H,15,16)(H,17,18). The van der Waals surface area contributed by atoms with Crippen molar-refractivity contribution in [3.05, 3.63) is 18.0 Å². The Morgan fingerprint density at radius 2 is 2.11 bits per heavy atom. The van der Waals surface area contributed by atoms with Gasteiger partial charge in [-0.25, -0.2) is 0 Å². The SMILES string of the molecule is O=C(NC1CCCCCC1C(=O)O)c1cn[nH]c1. The van der Waals surface area contributed by atoms with Crippen molar-refractivity contribution in [2.75, 3.05) is 0 Å². The van der Waals surface area contributed by atoms with Crippen molar-refractivity contribution in [3.63, 3.8) is 0 Å². The molecule has 2 rings (SSSR count). The number of amides is 1. The lowest BCUT2D eigenvalue weighted by Gasteiger charge is -2.22. The third-order valence-electron chi connectivity index (χ3n) is 3.41. The van der Waals surface area contributed by atoms with Crippen molar-refractivity contribution in [1.29, 1.82) is 0 Å². The Labute approximate surface area is 105 Å². The molecule has 2 atom stereocenters. The van der Waals surface area contributed by atoms with E-state index >= 15 is 0 Å². The van der Waals surface area contributed by atoms with E-state index in [2.05, 4.69) is 15.5 Å². The zero-order valence-electron chi connectivity index (χ0n) is 10.1. The molecule has 1 heterocycles. The Morgan fingerprint density at radius 3 is 2.78 bits per heavy atom. The average Bonchev–Trinajstić information content (AvgIpc) is 2.77. The second kappa shape index (κ2) is 5.66. The Hall–Kier alpha value is -1.85. The number of carboxylic acids is 1. The molecule has 6 nitrogen and oxygen atoms in total. The molecule has 2 unspecified atom stereocenters. The molecule has 0 bridgehead atoms. The first-order valence-corrected chi connectivity index (χ1v) is 6.21. The fraction of sp³-hybridized carbons (Fsp3) is 0.583. The summed E-state index contributed by atoms with van der Waals surface area (Å²) in [5.41, 5.74) is 0.434. The van der Waals surface area contributed by atoms with Crippen LogP contribution in [0.1, 0.15) is 42.5 Å². The molecule has 6 heteroatoms. The second-order valence-electron chi connectivity index (χ2n) is 4.65. The van der Waals surface area contributed by atoms with E-state index in [1.165, 1.54) is 12.4 Å². The van der Waals surface area contributed by atoms with E-state index in [0.29, 0.717) is 12.0 Å². The summed E-state index contributed by atoms with van der Waals surface area (Å²) in [6, 6.07) is -0.285. The van der Waals surface area contributed by atoms with E-state index in [0.717, 1.165) is 25.7 Å². The van der Waals surface area contributed by atoms with Crippen molar-refractivity contribution in [1.82, 2.24) is 15.5 Å². The number of rotatable bonds is 3. The zero-order valence-corrected chi connectivity index (χ0v) is 10.1. The molecule has 18 heavy (non-hydrogen) atoms. The summed E-state index contributed by atoms with van der Waals surface area (Å²) in [6.07, 6.45) is 7.19. The number of aliphatic carboxylic acids is 1. The van der Waals surface area contributed by atoms with Gasteiger partial charge in [0.05, 0.1) is 17.7 Å². The van der Waals surface area contributed by atoms with Gasteiger partial charge >= 0.3 is 5.97 Å². The van der Waals surface area contributed by atoms with E-state index in [1.54, 1.807) is 0 Å². The molecule has 1 aliphatic carbocycles. The van der Waals surface area contributed by atoms with E-state index < -0.39 is 11.9 Å². The molecule has 1 saturated carbocycles. The number of hydrogen-bond donors (Lipinski definition) is 3. The van der Waals surface area contributed by atoms with Gasteiger partial charge in [-0.2, -0.15) is 5.10 Å². The molecule has 1 fully saturated rings. The van der Waals surface area contributed by atoms with Gasteiger partial charge in [0, 0.05) is 12.2 Å². The topological polar surface area (TPSA) is 95.1 Å². The number of hydrogen-bond acceptors (Lipinski definition) is 3. The van der Waals surface area contributed by atoms with Gasteiger partial charge in [-0.1, -0.05) is 19.3 Å². The highest BCUT2D eigenvalue weighted by Gasteiger charge is 2.30. The van der Waals surface area contributed by atoms with E-state index in [-0.39, 0.29) is 11.9 Å². The molecule has 1 aromatic rings. The Morgan fingerprint density at radius 1 is 1.33 bits per heavy atom. The number of carbonyl (C=O) groups excluding carboxylic acids is 1. The number of aromatic nitrogens is 2. The molecule has 98 valence electrons. The van der Waals surface area contributed by atoms with Crippen molar-refractivity contribution in [2.24, 2.45) is 5.92 Å². The van der Waals surface area contributed by atoms with Crippen LogP contribution in [-0.2, 0) is 4.79 Å². The fourth-order valence-electron chi connectivity index (χ4n) is 2.40. The summed E-state index contributed by atoms with van der Waals surface area (Å²) >= 11 is 0. The first kappa shape index (κ1) is 12.6. The van der Waals surface area contributed by atoms with Crippen LogP contribution in [0.25, 0.3) is 0 Å². The molecule has 0 spiro atoms. The first-order chi connectivity index (χ1) is 8.68. The monoisotopic (exact) mass is 251 g/mol. The van der Waals surface area contributed by atoms with E-state index in [4.69, 9.17) is 0 Å². The van der Waals surface area contributed by atoms with Crippen molar-refractivity contribution < 1.29 is 14.7 Å². The molecule has 1 aliphatic rings. The van der Waals surface area contributed by atoms with Crippen LogP contribution in [0.4, 0.5) is 0 Å². The molecular formula is C12H17N3O3. The number of nitrogens with one attached hydrogen (secondary N) is 2. The van der Waals surface area contributed by atoms with Crippen LogP contribution in [0.2, 0.25) is 0 Å². The van der Waals surface area contributed by atoms with Crippen LogP contribution < -0.4 is 5.32 Å². The molecule has 3 N–H and O–H groups in total. The minimum atomic E-state index is -0.825. The number of aromatic amines is 1. The molecular weight excluding hydrogens is 234 g/mol. The molecule has 0 aromatic carbocycles. The minimum absolute atomic E-state index is 0.262. The molecule has 1 amide bonds. The summed E-state index contributed by atoms with van der Waals surface area (Å²) in [5, 5.41) is 18.3. The van der Waals surface area contributed by atoms with Crippen LogP contribution in [0.3, 0.4) is 0 Å². The maximum atomic E-state index is 11.9. The third kappa shape index (κ3) is 2.88. The zero-order chi connectivity index (χ0) is 13.0. The number of carboxylic acid groups (broad SMARTS) is 1. The fourth-order valence-corrected chi connectivity index (χ4v) is 2.40. The summed E-state index contributed by atoms with van der Waals surface area (Å²) in [6.45, 7) is 0. The van der Waals surface area contributed by atoms with Crippen LogP contribution in [0.15, 0.2) is 12.4 Å². The van der Waals surface area contributed by atoms with E-state index in [1.807, 2.05) is 0 Å². The van der Waals surface area contributed by atoms with Gasteiger partial charge in [-0.05, 0) is 12.8 Å². The largest absolute Gasteiger partial charge is 0.481 e. The summed E-state index contributed by atoms with van der Waals surface area (Å²) in [7, 11) is 0. The summed E-state index contributed by atoms with van der Waals surface area (Å²) in [4.78, 5) is 23.1. The van der Waals surface area contributed by atoms with Gasteiger partial charge in [0.1, 0.15) is 0 Å². The van der Waals surface area contributed by atoms with Crippen molar-refractivity contribution >= 4 is 11.9 Å².